The highest BCUT2D eigenvalue weighted by atomic mass is 16.6. The van der Waals surface area contributed by atoms with Crippen LogP contribution in [0.25, 0.3) is 0 Å². The Hall–Kier alpha value is -4.13. The van der Waals surface area contributed by atoms with Crippen LogP contribution in [-0.4, -0.2) is 139 Å². The molecule has 0 radical (unpaired) electrons. The Morgan fingerprint density at radius 1 is 0.667 bits per heavy atom. The van der Waals surface area contributed by atoms with Crippen molar-refractivity contribution in [2.24, 2.45) is 34.0 Å². The van der Waals surface area contributed by atoms with Crippen molar-refractivity contribution in [3.8, 4) is 0 Å². The van der Waals surface area contributed by atoms with E-state index in [0.29, 0.717) is 37.8 Å². The summed E-state index contributed by atoms with van der Waals surface area (Å²) in [5, 5.41) is 57.3. The molecule has 0 amide bonds. The third-order valence-electron chi connectivity index (χ3n) is 12.9. The van der Waals surface area contributed by atoms with Crippen LogP contribution < -0.4 is 0 Å². The molecule has 7 atom stereocenters. The number of hydrogen-bond donors (Lipinski definition) is 6. The van der Waals surface area contributed by atoms with Gasteiger partial charge in [-0.2, -0.15) is 0 Å². The maximum atomic E-state index is 12.1. The quantitative estimate of drug-likeness (QED) is 0.0522. The smallest absolute Gasteiger partial charge is 0.345 e. The molecule has 2 aliphatic heterocycles. The minimum atomic E-state index is -1.34. The number of aliphatic hydroxyl groups is 2. The summed E-state index contributed by atoms with van der Waals surface area (Å²) in [5.74, 6) is -6.68. The van der Waals surface area contributed by atoms with Crippen molar-refractivity contribution in [1.29, 1.82) is 0 Å². The third-order valence-corrected chi connectivity index (χ3v) is 12.9. The van der Waals surface area contributed by atoms with E-state index < -0.39 is 88.6 Å². The van der Waals surface area contributed by atoms with Crippen LogP contribution in [0.3, 0.4) is 0 Å². The summed E-state index contributed by atoms with van der Waals surface area (Å²) in [6.45, 7) is 21.8. The summed E-state index contributed by atoms with van der Waals surface area (Å²) < 4.78 is 15.5. The summed E-state index contributed by atoms with van der Waals surface area (Å²) in [4.78, 5) is 83.7. The number of ether oxygens (including phenoxy) is 3. The predicted molar refractivity (Wildman–Crippen MR) is 230 cm³/mol. The highest BCUT2D eigenvalue weighted by Crippen LogP contribution is 2.38. The largest absolute Gasteiger partial charge is 0.481 e. The number of hydrogen-bond acceptors (Lipinski definition) is 14. The zero-order valence-electron chi connectivity index (χ0n) is 39.1. The van der Waals surface area contributed by atoms with E-state index in [2.05, 4.69) is 6.58 Å². The van der Waals surface area contributed by atoms with Gasteiger partial charge in [0.15, 0.2) is 0 Å². The topological polar surface area (TPSA) is 275 Å². The van der Waals surface area contributed by atoms with Crippen LogP contribution in [0, 0.1) is 34.0 Å². The number of nitrogens with zero attached hydrogens (tertiary/aromatic N) is 2. The van der Waals surface area contributed by atoms with Crippen molar-refractivity contribution in [1.82, 2.24) is 9.80 Å². The van der Waals surface area contributed by atoms with E-state index in [1.54, 1.807) is 48.5 Å². The van der Waals surface area contributed by atoms with Gasteiger partial charge in [-0.25, -0.2) is 4.79 Å². The van der Waals surface area contributed by atoms with Crippen LogP contribution in [0.15, 0.2) is 12.2 Å². The third kappa shape index (κ3) is 17.1. The fraction of sp³-hybridized carbons (Fsp3) is 0.800. The number of rotatable bonds is 20. The molecule has 63 heavy (non-hydrogen) atoms. The molecule has 362 valence electrons. The van der Waals surface area contributed by atoms with Crippen LogP contribution in [0.4, 0.5) is 0 Å². The lowest BCUT2D eigenvalue weighted by atomic mass is 9.84. The number of carbonyl (C=O) groups is 7. The molecule has 2 heterocycles. The van der Waals surface area contributed by atoms with Gasteiger partial charge in [-0.05, 0) is 99.3 Å². The van der Waals surface area contributed by atoms with E-state index in [1.807, 2.05) is 20.8 Å². The molecule has 0 bridgehead atoms. The van der Waals surface area contributed by atoms with Gasteiger partial charge < -0.3 is 44.8 Å². The van der Waals surface area contributed by atoms with Crippen LogP contribution >= 0.6 is 0 Å². The Balaban J connectivity index is 0.000000483. The van der Waals surface area contributed by atoms with Gasteiger partial charge in [-0.3, -0.25) is 38.6 Å². The van der Waals surface area contributed by atoms with E-state index in [-0.39, 0.29) is 44.0 Å². The Morgan fingerprint density at radius 2 is 1.13 bits per heavy atom. The van der Waals surface area contributed by atoms with E-state index in [1.165, 1.54) is 9.80 Å². The summed E-state index contributed by atoms with van der Waals surface area (Å²) in [6.07, 6.45) is 4.27. The molecule has 1 saturated carbocycles. The summed E-state index contributed by atoms with van der Waals surface area (Å²) in [5.41, 5.74) is -1.25. The second-order valence-electron chi connectivity index (χ2n) is 18.9. The summed E-state index contributed by atoms with van der Waals surface area (Å²) in [6, 6.07) is -1.88. The first kappa shape index (κ1) is 56.9. The van der Waals surface area contributed by atoms with Gasteiger partial charge in [-0.15, -0.1) is 0 Å². The molecular formula is C45H76N2O16. The van der Waals surface area contributed by atoms with Gasteiger partial charge in [0.05, 0.1) is 22.7 Å². The van der Waals surface area contributed by atoms with Crippen molar-refractivity contribution >= 4 is 41.8 Å². The Morgan fingerprint density at radius 3 is 1.52 bits per heavy atom. The maximum Gasteiger partial charge on any atom is 0.345 e. The van der Waals surface area contributed by atoms with Gasteiger partial charge in [0.1, 0.15) is 37.8 Å². The van der Waals surface area contributed by atoms with Gasteiger partial charge in [0, 0.05) is 24.9 Å². The molecule has 18 heteroatoms. The average Bonchev–Trinajstić information content (AvgIpc) is 3.87. The van der Waals surface area contributed by atoms with Gasteiger partial charge in [0.25, 0.3) is 0 Å². The van der Waals surface area contributed by atoms with E-state index in [9.17, 15) is 54.0 Å². The first-order chi connectivity index (χ1) is 29.1. The van der Waals surface area contributed by atoms with Crippen LogP contribution in [0.1, 0.15) is 140 Å². The van der Waals surface area contributed by atoms with Crippen molar-refractivity contribution in [3.05, 3.63) is 12.2 Å². The zero-order chi connectivity index (χ0) is 48.6. The summed E-state index contributed by atoms with van der Waals surface area (Å²) >= 11 is 0. The molecule has 1 aliphatic carbocycles. The second-order valence-corrected chi connectivity index (χ2v) is 18.9. The Kier molecular flexibility index (Phi) is 22.9. The Labute approximate surface area is 372 Å². The number of carbonyl (C=O) groups excluding carboxylic acids is 3. The molecule has 0 aromatic heterocycles. The molecule has 3 fully saturated rings. The number of carboxylic acids is 4. The number of esters is 3. The SMILES string of the molecule is C=C(C)C1CN(C(O)COC(=O)C(C)(C)CC)C(C(=O)O)C1CC(=O)O.CCC(C)(C)C(=O)OC(C(=O)O)C1CCCCC1.CCC(C)(C)C(=O)OCC(O)N1CCCC1C(=O)O. The van der Waals surface area contributed by atoms with Gasteiger partial charge >= 0.3 is 41.8 Å². The molecule has 0 spiro atoms. The van der Waals surface area contributed by atoms with Crippen molar-refractivity contribution < 1.29 is 78.4 Å². The lowest BCUT2D eigenvalue weighted by molar-refractivity contribution is -0.175. The molecule has 6 N–H and O–H groups in total. The molecule has 7 unspecified atom stereocenters. The Bertz CT molecular complexity index is 1570. The second kappa shape index (κ2) is 25.4. The first-order valence-corrected chi connectivity index (χ1v) is 22.1. The van der Waals surface area contributed by atoms with E-state index in [4.69, 9.17) is 24.4 Å². The van der Waals surface area contributed by atoms with E-state index >= 15 is 0 Å². The fourth-order valence-corrected chi connectivity index (χ4v) is 7.34. The summed E-state index contributed by atoms with van der Waals surface area (Å²) in [7, 11) is 0. The molecule has 3 rings (SSSR count). The lowest BCUT2D eigenvalue weighted by Gasteiger charge is -2.30. The minimum Gasteiger partial charge on any atom is -0.481 e. The maximum absolute atomic E-state index is 12.1. The number of aliphatic carboxylic acids is 4. The van der Waals surface area contributed by atoms with Crippen molar-refractivity contribution in [2.45, 2.75) is 171 Å². The van der Waals surface area contributed by atoms with Crippen molar-refractivity contribution in [2.75, 3.05) is 26.3 Å². The van der Waals surface area contributed by atoms with Crippen molar-refractivity contribution in [3.63, 3.8) is 0 Å². The predicted octanol–water partition coefficient (Wildman–Crippen LogP) is 5.17. The molecule has 3 aliphatic rings. The molecular weight excluding hydrogens is 824 g/mol. The first-order valence-electron chi connectivity index (χ1n) is 22.1. The molecule has 18 nitrogen and oxygen atoms in total. The molecule has 0 aromatic carbocycles. The van der Waals surface area contributed by atoms with Crippen LogP contribution in [-0.2, 0) is 47.8 Å². The highest BCUT2D eigenvalue weighted by Gasteiger charge is 2.49. The molecule has 0 aromatic rings. The van der Waals surface area contributed by atoms with Crippen LogP contribution in [0.5, 0.6) is 0 Å². The van der Waals surface area contributed by atoms with Gasteiger partial charge in [-0.1, -0.05) is 52.2 Å². The van der Waals surface area contributed by atoms with Crippen LogP contribution in [0.2, 0.25) is 0 Å². The fourth-order valence-electron chi connectivity index (χ4n) is 7.34. The zero-order valence-corrected chi connectivity index (χ0v) is 39.1. The average molecular weight is 901 g/mol. The van der Waals surface area contributed by atoms with E-state index in [0.717, 1.165) is 38.5 Å². The standard InChI is InChI=1S/C18H29NO7.C14H24O4.C13H23NO5/c1-6-18(4,5)17(25)26-9-13(20)19-8-12(10(2)3)11(7-14(21)22)15(19)16(23)24;1-4-14(2,3)13(17)18-11(12(15)16)10-8-6-5-7-9-10;1-4-13(2,3)12(18)19-8-10(15)14-7-5-6-9(14)11(16)17/h11-13,15,20H,2,6-9H2,1,3-5H3,(H,21,22)(H,23,24);10-11H,4-9H2,1-3H3,(H,15,16);9-10,15H,4-8H2,1-3H3,(H,16,17). The number of aliphatic hydroxyl groups excluding tert-OH is 2. The number of carboxylic acid groups (broad SMARTS) is 4. The van der Waals surface area contributed by atoms with Gasteiger partial charge in [0.2, 0.25) is 6.10 Å². The normalized spacial score (nSPS) is 22.5. The highest BCUT2D eigenvalue weighted by molar-refractivity contribution is 5.81. The lowest BCUT2D eigenvalue weighted by Crippen LogP contribution is -2.48. The molecule has 2 saturated heterocycles. The number of likely N-dealkylation sites (tertiary alicyclic amines) is 2. The minimum absolute atomic E-state index is 0.0205. The monoisotopic (exact) mass is 901 g/mol.